The molecule has 1 N–H and O–H groups in total. The van der Waals surface area contributed by atoms with Crippen LogP contribution < -0.4 is 9.47 Å². The van der Waals surface area contributed by atoms with Crippen molar-refractivity contribution in [3.63, 3.8) is 0 Å². The van der Waals surface area contributed by atoms with E-state index >= 15 is 0 Å². The maximum Gasteiger partial charge on any atom is 0.259 e. The molecule has 1 aliphatic rings. The number of para-hydroxylation sites is 1. The van der Waals surface area contributed by atoms with Gasteiger partial charge in [-0.05, 0) is 43.8 Å². The van der Waals surface area contributed by atoms with E-state index in [0.29, 0.717) is 30.9 Å². The van der Waals surface area contributed by atoms with Crippen LogP contribution in [0.15, 0.2) is 60.8 Å². The average Bonchev–Trinajstić information content (AvgIpc) is 2.91. The molecule has 37 heavy (non-hydrogen) atoms. The highest BCUT2D eigenvalue weighted by atomic mass is 19.1. The molecule has 2 aromatic carbocycles. The van der Waals surface area contributed by atoms with Gasteiger partial charge in [0, 0.05) is 42.9 Å². The summed E-state index contributed by atoms with van der Waals surface area (Å²) in [5.74, 6) is 0.424. The average molecular weight is 508 g/mol. The fourth-order valence-corrected chi connectivity index (χ4v) is 4.62. The van der Waals surface area contributed by atoms with Gasteiger partial charge in [0.15, 0.2) is 0 Å². The van der Waals surface area contributed by atoms with E-state index < -0.39 is 0 Å². The van der Waals surface area contributed by atoms with Crippen molar-refractivity contribution >= 4 is 5.91 Å². The third-order valence-corrected chi connectivity index (χ3v) is 6.80. The number of rotatable bonds is 8. The molecule has 4 rings (SSSR count). The maximum absolute atomic E-state index is 13.7. The Morgan fingerprint density at radius 2 is 1.95 bits per heavy atom. The third kappa shape index (κ3) is 6.09. The smallest absolute Gasteiger partial charge is 0.259 e. The summed E-state index contributed by atoms with van der Waals surface area (Å²) in [7, 11) is 3.59. The number of aromatic nitrogens is 1. The van der Waals surface area contributed by atoms with Crippen molar-refractivity contribution in [1.82, 2.24) is 14.8 Å². The lowest BCUT2D eigenvalue weighted by Gasteiger charge is -2.37. The fourth-order valence-electron chi connectivity index (χ4n) is 4.62. The molecule has 0 bridgehead atoms. The number of benzene rings is 2. The van der Waals surface area contributed by atoms with Crippen LogP contribution in [0.3, 0.4) is 0 Å². The fraction of sp³-hybridized carbons (Fsp3) is 0.379. The molecule has 0 aliphatic carbocycles. The lowest BCUT2D eigenvalue weighted by molar-refractivity contribution is 0.0325. The number of halogens is 1. The second-order valence-electron chi connectivity index (χ2n) is 9.72. The highest BCUT2D eigenvalue weighted by molar-refractivity contribution is 5.98. The first kappa shape index (κ1) is 26.6. The first-order valence-electron chi connectivity index (χ1n) is 12.5. The van der Waals surface area contributed by atoms with Crippen molar-refractivity contribution in [2.75, 3.05) is 33.9 Å². The van der Waals surface area contributed by atoms with Crippen molar-refractivity contribution in [3.05, 3.63) is 77.7 Å². The molecule has 0 radical (unpaired) electrons. The van der Waals surface area contributed by atoms with Gasteiger partial charge in [-0.25, -0.2) is 9.37 Å². The summed E-state index contributed by atoms with van der Waals surface area (Å²) in [4.78, 5) is 22.1. The van der Waals surface area contributed by atoms with Crippen LogP contribution in [0.4, 0.5) is 4.39 Å². The normalized spacial score (nSPS) is 18.6. The van der Waals surface area contributed by atoms with Gasteiger partial charge in [0.2, 0.25) is 5.88 Å². The van der Waals surface area contributed by atoms with Crippen LogP contribution in [-0.2, 0) is 6.54 Å². The van der Waals surface area contributed by atoms with Crippen LogP contribution in [0.1, 0.15) is 29.8 Å². The van der Waals surface area contributed by atoms with Gasteiger partial charge in [0.25, 0.3) is 5.91 Å². The molecule has 1 amide bonds. The number of carbonyl (C=O) groups is 1. The van der Waals surface area contributed by atoms with E-state index in [2.05, 4.69) is 9.88 Å². The largest absolute Gasteiger partial charge is 0.496 e. The topological polar surface area (TPSA) is 75.1 Å². The minimum absolute atomic E-state index is 0.0301. The van der Waals surface area contributed by atoms with Gasteiger partial charge in [-0.3, -0.25) is 9.69 Å². The molecule has 3 atom stereocenters. The van der Waals surface area contributed by atoms with E-state index in [-0.39, 0.29) is 42.3 Å². The Morgan fingerprint density at radius 3 is 2.65 bits per heavy atom. The van der Waals surface area contributed by atoms with Crippen LogP contribution in [0.5, 0.6) is 11.6 Å². The van der Waals surface area contributed by atoms with Crippen molar-refractivity contribution < 1.29 is 23.8 Å². The van der Waals surface area contributed by atoms with Gasteiger partial charge in [-0.15, -0.1) is 0 Å². The van der Waals surface area contributed by atoms with Gasteiger partial charge in [0.05, 0.1) is 19.8 Å². The molecule has 0 unspecified atom stereocenters. The molecule has 2 heterocycles. The van der Waals surface area contributed by atoms with Gasteiger partial charge in [-0.1, -0.05) is 37.3 Å². The number of methoxy groups -OCH3 is 1. The Balaban J connectivity index is 1.67. The lowest BCUT2D eigenvalue weighted by Crippen LogP contribution is -2.49. The second kappa shape index (κ2) is 11.7. The molecule has 8 heteroatoms. The number of nitrogens with zero attached hydrogens (tertiary/aromatic N) is 3. The van der Waals surface area contributed by atoms with Gasteiger partial charge in [-0.2, -0.15) is 0 Å². The summed E-state index contributed by atoms with van der Waals surface area (Å²) < 4.78 is 25.2. The summed E-state index contributed by atoms with van der Waals surface area (Å²) in [6, 6.07) is 15.4. The molecule has 0 saturated carbocycles. The minimum Gasteiger partial charge on any atom is -0.496 e. The van der Waals surface area contributed by atoms with Crippen LogP contribution >= 0.6 is 0 Å². The van der Waals surface area contributed by atoms with Crippen molar-refractivity contribution in [2.45, 2.75) is 32.5 Å². The monoisotopic (exact) mass is 507 g/mol. The number of amides is 1. The molecule has 7 nitrogen and oxygen atoms in total. The number of fused-ring (bicyclic) bond motifs is 1. The first-order valence-corrected chi connectivity index (χ1v) is 12.5. The van der Waals surface area contributed by atoms with Gasteiger partial charge >= 0.3 is 0 Å². The summed E-state index contributed by atoms with van der Waals surface area (Å²) in [6.45, 7) is 5.34. The van der Waals surface area contributed by atoms with Crippen LogP contribution in [0, 0.1) is 11.7 Å². The van der Waals surface area contributed by atoms with Crippen LogP contribution in [0.2, 0.25) is 0 Å². The number of ether oxygens (including phenoxy) is 2. The quantitative estimate of drug-likeness (QED) is 0.492. The molecular weight excluding hydrogens is 473 g/mol. The predicted molar refractivity (Wildman–Crippen MR) is 140 cm³/mol. The van der Waals surface area contributed by atoms with Crippen molar-refractivity contribution in [1.29, 1.82) is 0 Å². The van der Waals surface area contributed by atoms with E-state index in [0.717, 1.165) is 16.7 Å². The number of hydrogen-bond acceptors (Lipinski definition) is 6. The molecule has 1 aliphatic heterocycles. The zero-order valence-electron chi connectivity index (χ0n) is 21.7. The molecule has 0 fully saturated rings. The summed E-state index contributed by atoms with van der Waals surface area (Å²) in [5.41, 5.74) is 2.90. The molecular formula is C29H34FN3O4. The number of pyridine rings is 1. The number of hydrogen-bond donors (Lipinski definition) is 1. The Hall–Kier alpha value is -3.49. The third-order valence-electron chi connectivity index (χ3n) is 6.80. The number of aliphatic hydroxyl groups excluding tert-OH is 1. The molecule has 196 valence electrons. The zero-order chi connectivity index (χ0) is 26.5. The van der Waals surface area contributed by atoms with Crippen LogP contribution in [-0.4, -0.2) is 71.8 Å². The Kier molecular flexibility index (Phi) is 8.41. The van der Waals surface area contributed by atoms with Gasteiger partial charge in [0.1, 0.15) is 23.2 Å². The second-order valence-corrected chi connectivity index (χ2v) is 9.72. The zero-order valence-corrected chi connectivity index (χ0v) is 21.7. The molecule has 0 saturated heterocycles. The van der Waals surface area contributed by atoms with E-state index in [1.165, 1.54) is 12.1 Å². The van der Waals surface area contributed by atoms with E-state index in [1.807, 2.05) is 45.2 Å². The van der Waals surface area contributed by atoms with E-state index in [4.69, 9.17) is 9.47 Å². The standard InChI is InChI=1S/C29H34FN3O4/c1-19-15-33(20(2)18-34)29(35)25-13-22(24-7-5-6-8-26(24)36-4)14-31-28(25)37-27(19)17-32(3)16-21-9-11-23(30)12-10-21/h5-14,19-20,27,34H,15-18H2,1-4H3/t19-,20+,27-/m1/s1. The molecule has 3 aromatic rings. The molecule has 0 spiro atoms. The Labute approximate surface area is 217 Å². The summed E-state index contributed by atoms with van der Waals surface area (Å²) in [5, 5.41) is 9.90. The molecule has 1 aromatic heterocycles. The van der Waals surface area contributed by atoms with Crippen molar-refractivity contribution in [3.8, 4) is 22.8 Å². The SMILES string of the molecule is COc1ccccc1-c1cnc2c(c1)C(=O)N([C@@H](C)CO)C[C@@H](C)[C@@H](CN(C)Cc1ccc(F)cc1)O2. The minimum atomic E-state index is -0.367. The van der Waals surface area contributed by atoms with Crippen molar-refractivity contribution in [2.24, 2.45) is 5.92 Å². The van der Waals surface area contributed by atoms with E-state index in [9.17, 15) is 14.3 Å². The Morgan fingerprint density at radius 1 is 1.22 bits per heavy atom. The number of aliphatic hydroxyl groups is 1. The number of likely N-dealkylation sites (N-methyl/N-ethyl adjacent to an activating group) is 1. The Bertz CT molecular complexity index is 1220. The van der Waals surface area contributed by atoms with Gasteiger partial charge < -0.3 is 19.5 Å². The van der Waals surface area contributed by atoms with Crippen LogP contribution in [0.25, 0.3) is 11.1 Å². The predicted octanol–water partition coefficient (Wildman–Crippen LogP) is 4.25. The summed E-state index contributed by atoms with van der Waals surface area (Å²) >= 11 is 0. The highest BCUT2D eigenvalue weighted by Gasteiger charge is 2.34. The van der Waals surface area contributed by atoms with E-state index in [1.54, 1.807) is 36.4 Å². The number of carbonyl (C=O) groups excluding carboxylic acids is 1. The lowest BCUT2D eigenvalue weighted by atomic mass is 9.99. The first-order chi connectivity index (χ1) is 17.8. The maximum atomic E-state index is 13.7. The summed E-state index contributed by atoms with van der Waals surface area (Å²) in [6.07, 6.45) is 1.42. The highest BCUT2D eigenvalue weighted by Crippen LogP contribution is 2.34.